The number of rotatable bonds is 3. The van der Waals surface area contributed by atoms with Crippen LogP contribution in [0, 0.1) is 0 Å². The molecule has 228 valence electrons. The molecule has 0 unspecified atom stereocenters. The summed E-state index contributed by atoms with van der Waals surface area (Å²) in [4.78, 5) is 0. The number of thiophene rings is 1. The van der Waals surface area contributed by atoms with Gasteiger partial charge in [0.15, 0.2) is 0 Å². The highest BCUT2D eigenvalue weighted by Crippen LogP contribution is 2.47. The van der Waals surface area contributed by atoms with Gasteiger partial charge in [-0.15, -0.1) is 11.3 Å². The maximum absolute atomic E-state index is 6.42. The van der Waals surface area contributed by atoms with Crippen molar-refractivity contribution in [1.82, 2.24) is 0 Å². The van der Waals surface area contributed by atoms with Crippen LogP contribution in [0.15, 0.2) is 167 Å². The third-order valence-electron chi connectivity index (χ3n) is 10.1. The second kappa shape index (κ2) is 10.2. The minimum atomic E-state index is 0.829. The van der Waals surface area contributed by atoms with Gasteiger partial charge in [-0.25, -0.2) is 0 Å². The lowest BCUT2D eigenvalue weighted by Gasteiger charge is -2.18. The Balaban J connectivity index is 1.17. The summed E-state index contributed by atoms with van der Waals surface area (Å²) in [6.45, 7) is 0. The number of hydrogen-bond donors (Lipinski definition) is 0. The minimum absolute atomic E-state index is 0.829. The Morgan fingerprint density at radius 2 is 0.959 bits per heavy atom. The van der Waals surface area contributed by atoms with E-state index in [1.165, 1.54) is 58.4 Å². The Labute approximate surface area is 285 Å². The third kappa shape index (κ3) is 3.88. The quantitative estimate of drug-likeness (QED) is 0.179. The Kier molecular flexibility index (Phi) is 5.57. The fourth-order valence-electron chi connectivity index (χ4n) is 7.98. The molecule has 0 aliphatic carbocycles. The van der Waals surface area contributed by atoms with Gasteiger partial charge in [0, 0.05) is 36.5 Å². The van der Waals surface area contributed by atoms with Crippen molar-refractivity contribution in [3.05, 3.63) is 158 Å². The lowest BCUT2D eigenvalue weighted by atomic mass is 9.85. The van der Waals surface area contributed by atoms with Crippen molar-refractivity contribution in [3.63, 3.8) is 0 Å². The first-order valence-electron chi connectivity index (χ1n) is 16.6. The molecule has 0 atom stereocenters. The summed E-state index contributed by atoms with van der Waals surface area (Å²) in [6.07, 6.45) is 1.87. The van der Waals surface area contributed by atoms with E-state index in [1.54, 1.807) is 0 Å². The smallest absolute Gasteiger partial charge is 0.146 e. The van der Waals surface area contributed by atoms with Crippen molar-refractivity contribution in [2.75, 3.05) is 0 Å². The first-order chi connectivity index (χ1) is 24.3. The monoisotopic (exact) mass is 642 g/mol. The molecule has 0 aliphatic heterocycles. The minimum Gasteiger partial charge on any atom is -0.463 e. The molecule has 0 bridgehead atoms. The van der Waals surface area contributed by atoms with Crippen molar-refractivity contribution in [2.45, 2.75) is 0 Å². The molecule has 0 saturated heterocycles. The van der Waals surface area contributed by atoms with Gasteiger partial charge in [-0.3, -0.25) is 0 Å². The molecule has 0 N–H and O–H groups in total. The molecule has 0 amide bonds. The van der Waals surface area contributed by atoms with Crippen LogP contribution in [-0.4, -0.2) is 0 Å². The molecule has 2 nitrogen and oxygen atoms in total. The Bertz CT molecular complexity index is 3050. The SMILES string of the molecule is c1ccc(-c2coc3c2ccc2oc4ccc(-c5c6ccccc6c(-c6ccc7c(c6)sc6ccccc67)c6ccccc56)cc4c23)cc1. The largest absolute Gasteiger partial charge is 0.463 e. The van der Waals surface area contributed by atoms with Crippen LogP contribution in [0.3, 0.4) is 0 Å². The maximum Gasteiger partial charge on any atom is 0.146 e. The molecular formula is C46H26O2S. The van der Waals surface area contributed by atoms with Gasteiger partial charge in [0.05, 0.1) is 11.6 Å². The van der Waals surface area contributed by atoms with Crippen LogP contribution in [0.4, 0.5) is 0 Å². The lowest BCUT2D eigenvalue weighted by Crippen LogP contribution is -1.90. The van der Waals surface area contributed by atoms with Crippen LogP contribution >= 0.6 is 11.3 Å². The zero-order valence-corrected chi connectivity index (χ0v) is 27.1. The van der Waals surface area contributed by atoms with Crippen molar-refractivity contribution < 1.29 is 8.83 Å². The summed E-state index contributed by atoms with van der Waals surface area (Å²) >= 11 is 1.87. The van der Waals surface area contributed by atoms with Gasteiger partial charge in [-0.1, -0.05) is 115 Å². The van der Waals surface area contributed by atoms with E-state index in [0.29, 0.717) is 0 Å². The van der Waals surface area contributed by atoms with Gasteiger partial charge >= 0.3 is 0 Å². The van der Waals surface area contributed by atoms with E-state index in [1.807, 2.05) is 23.7 Å². The maximum atomic E-state index is 6.42. The predicted molar refractivity (Wildman–Crippen MR) is 208 cm³/mol. The number of fused-ring (bicyclic) bond motifs is 10. The van der Waals surface area contributed by atoms with E-state index < -0.39 is 0 Å². The van der Waals surface area contributed by atoms with E-state index in [2.05, 4.69) is 146 Å². The Morgan fingerprint density at radius 1 is 0.388 bits per heavy atom. The van der Waals surface area contributed by atoms with Crippen LogP contribution in [0.5, 0.6) is 0 Å². The van der Waals surface area contributed by atoms with Gasteiger partial charge in [-0.2, -0.15) is 0 Å². The molecule has 3 heterocycles. The molecule has 0 aliphatic rings. The molecule has 11 rings (SSSR count). The van der Waals surface area contributed by atoms with Crippen LogP contribution in [0.2, 0.25) is 0 Å². The molecular weight excluding hydrogens is 617 g/mol. The van der Waals surface area contributed by atoms with E-state index in [4.69, 9.17) is 8.83 Å². The number of hydrogen-bond acceptors (Lipinski definition) is 3. The normalized spacial score (nSPS) is 12.1. The summed E-state index contributed by atoms with van der Waals surface area (Å²) in [5.74, 6) is 0. The van der Waals surface area contributed by atoms with Gasteiger partial charge in [0.2, 0.25) is 0 Å². The summed E-state index contributed by atoms with van der Waals surface area (Å²) in [7, 11) is 0. The van der Waals surface area contributed by atoms with E-state index in [9.17, 15) is 0 Å². The third-order valence-corrected chi connectivity index (χ3v) is 11.3. The topological polar surface area (TPSA) is 26.3 Å². The van der Waals surface area contributed by atoms with Crippen LogP contribution in [-0.2, 0) is 0 Å². The Morgan fingerprint density at radius 3 is 1.69 bits per heavy atom. The lowest BCUT2D eigenvalue weighted by molar-refractivity contribution is 0.619. The molecule has 8 aromatic carbocycles. The highest BCUT2D eigenvalue weighted by molar-refractivity contribution is 7.25. The van der Waals surface area contributed by atoms with E-state index >= 15 is 0 Å². The average Bonchev–Trinajstić information content (AvgIpc) is 3.86. The highest BCUT2D eigenvalue weighted by Gasteiger charge is 2.20. The van der Waals surface area contributed by atoms with Gasteiger partial charge in [0.1, 0.15) is 16.7 Å². The number of furan rings is 2. The molecule has 0 radical (unpaired) electrons. The standard InChI is InChI=1S/C46H26O2S/c1-2-10-27(11-3-1)38-26-47-46-36(38)21-23-40-45(46)37-24-28(19-22-39(37)48-40)43-32-13-4-6-15-34(32)44(35-16-7-5-14-33(35)43)29-18-20-31-30-12-8-9-17-41(30)49-42(31)25-29/h1-26H. The molecule has 49 heavy (non-hydrogen) atoms. The summed E-state index contributed by atoms with van der Waals surface area (Å²) in [5, 5.41) is 10.7. The van der Waals surface area contributed by atoms with E-state index in [0.717, 1.165) is 49.6 Å². The molecule has 0 spiro atoms. The van der Waals surface area contributed by atoms with Gasteiger partial charge in [-0.05, 0) is 85.8 Å². The highest BCUT2D eigenvalue weighted by atomic mass is 32.1. The van der Waals surface area contributed by atoms with Crippen LogP contribution < -0.4 is 0 Å². The Hall–Kier alpha value is -6.16. The summed E-state index contributed by atoms with van der Waals surface area (Å²) in [5.41, 5.74) is 9.66. The first-order valence-corrected chi connectivity index (χ1v) is 17.4. The first kappa shape index (κ1) is 26.9. The molecule has 0 fully saturated rings. The van der Waals surface area contributed by atoms with Crippen molar-refractivity contribution in [3.8, 4) is 33.4 Å². The molecule has 3 aromatic heterocycles. The summed E-state index contributed by atoms with van der Waals surface area (Å²) < 4.78 is 15.4. The van der Waals surface area contributed by atoms with E-state index in [-0.39, 0.29) is 0 Å². The molecule has 11 aromatic rings. The van der Waals surface area contributed by atoms with Crippen LogP contribution in [0.25, 0.3) is 108 Å². The van der Waals surface area contributed by atoms with Crippen molar-refractivity contribution in [2.24, 2.45) is 0 Å². The second-order valence-corrected chi connectivity index (χ2v) is 13.9. The number of benzene rings is 8. The zero-order chi connectivity index (χ0) is 32.1. The van der Waals surface area contributed by atoms with Gasteiger partial charge in [0.25, 0.3) is 0 Å². The second-order valence-electron chi connectivity index (χ2n) is 12.8. The zero-order valence-electron chi connectivity index (χ0n) is 26.2. The predicted octanol–water partition coefficient (Wildman–Crippen LogP) is 14.0. The van der Waals surface area contributed by atoms with Crippen LogP contribution in [0.1, 0.15) is 0 Å². The average molecular weight is 643 g/mol. The van der Waals surface area contributed by atoms with Crippen molar-refractivity contribution >= 4 is 86.0 Å². The summed E-state index contributed by atoms with van der Waals surface area (Å²) in [6, 6.07) is 54.6. The van der Waals surface area contributed by atoms with Gasteiger partial charge < -0.3 is 8.83 Å². The molecule has 3 heteroatoms. The fraction of sp³-hybridized carbons (Fsp3) is 0. The fourth-order valence-corrected chi connectivity index (χ4v) is 9.13. The van der Waals surface area contributed by atoms with Crippen molar-refractivity contribution in [1.29, 1.82) is 0 Å². The molecule has 0 saturated carbocycles.